The van der Waals surface area contributed by atoms with E-state index in [2.05, 4.69) is 51.1 Å². The fourth-order valence-corrected chi connectivity index (χ4v) is 6.28. The average molecular weight is 707 g/mol. The van der Waals surface area contributed by atoms with Crippen LogP contribution in [0.5, 0.6) is 0 Å². The van der Waals surface area contributed by atoms with Crippen molar-refractivity contribution in [3.05, 3.63) is 59.7 Å². The average Bonchev–Trinajstić information content (AvgIpc) is 3.39. The Labute approximate surface area is 302 Å². The molecule has 0 saturated heterocycles. The number of hydrazine groups is 1. The normalized spacial score (nSPS) is 13.9. The van der Waals surface area contributed by atoms with E-state index in [1.807, 2.05) is 65.8 Å². The molecular weight excluding hydrogens is 648 g/mol. The van der Waals surface area contributed by atoms with Gasteiger partial charge in [0.1, 0.15) is 18.7 Å². The van der Waals surface area contributed by atoms with Gasteiger partial charge >= 0.3 is 6.09 Å². The molecular formula is C39H58N6O6. The van der Waals surface area contributed by atoms with Gasteiger partial charge in [-0.25, -0.2) is 4.79 Å². The molecule has 0 spiro atoms. The molecule has 51 heavy (non-hydrogen) atoms. The van der Waals surface area contributed by atoms with Crippen LogP contribution >= 0.6 is 0 Å². The van der Waals surface area contributed by atoms with Crippen molar-refractivity contribution in [2.24, 2.45) is 23.5 Å². The van der Waals surface area contributed by atoms with Crippen molar-refractivity contribution in [2.75, 3.05) is 13.2 Å². The van der Waals surface area contributed by atoms with Gasteiger partial charge in [-0.15, -0.1) is 0 Å². The molecule has 0 saturated carbocycles. The molecule has 1 aliphatic rings. The van der Waals surface area contributed by atoms with Gasteiger partial charge in [0.15, 0.2) is 0 Å². The number of amides is 5. The van der Waals surface area contributed by atoms with E-state index in [4.69, 9.17) is 10.5 Å². The van der Waals surface area contributed by atoms with Gasteiger partial charge in [0.2, 0.25) is 17.7 Å². The Bertz CT molecular complexity index is 1430. The highest BCUT2D eigenvalue weighted by Crippen LogP contribution is 2.44. The first kappa shape index (κ1) is 41.0. The van der Waals surface area contributed by atoms with Gasteiger partial charge in [0.05, 0.1) is 6.04 Å². The van der Waals surface area contributed by atoms with E-state index >= 15 is 0 Å². The Hall–Kier alpha value is -4.45. The number of unbranched alkanes of at least 4 members (excludes halogenated alkanes) is 2. The van der Waals surface area contributed by atoms with Crippen LogP contribution < -0.4 is 32.5 Å². The molecule has 0 bridgehead atoms. The number of alkyl carbamates (subject to hydrolysis) is 1. The molecule has 0 radical (unpaired) electrons. The smallest absolute Gasteiger partial charge is 0.407 e. The zero-order chi connectivity index (χ0) is 37.5. The second-order valence-corrected chi connectivity index (χ2v) is 14.7. The van der Waals surface area contributed by atoms with Crippen LogP contribution in [0, 0.1) is 17.8 Å². The zero-order valence-corrected chi connectivity index (χ0v) is 31.1. The van der Waals surface area contributed by atoms with Crippen molar-refractivity contribution < 1.29 is 28.7 Å². The number of ether oxygens (including phenoxy) is 1. The molecule has 280 valence electrons. The van der Waals surface area contributed by atoms with Crippen LogP contribution in [0.3, 0.4) is 0 Å². The number of hydrogen-bond donors (Lipinski definition) is 6. The Balaban J connectivity index is 1.36. The van der Waals surface area contributed by atoms with Gasteiger partial charge < -0.3 is 26.4 Å². The van der Waals surface area contributed by atoms with E-state index in [9.17, 15) is 24.0 Å². The Morgan fingerprint density at radius 3 is 1.76 bits per heavy atom. The third-order valence-corrected chi connectivity index (χ3v) is 8.76. The van der Waals surface area contributed by atoms with E-state index in [1.165, 1.54) is 11.1 Å². The van der Waals surface area contributed by atoms with Crippen molar-refractivity contribution in [1.29, 1.82) is 0 Å². The topological polar surface area (TPSA) is 181 Å². The lowest BCUT2D eigenvalue weighted by Crippen LogP contribution is -2.57. The van der Waals surface area contributed by atoms with Gasteiger partial charge in [-0.2, -0.15) is 0 Å². The lowest BCUT2D eigenvalue weighted by Gasteiger charge is -2.26. The van der Waals surface area contributed by atoms with Gasteiger partial charge in [0.25, 0.3) is 5.91 Å². The molecule has 0 fully saturated rings. The van der Waals surface area contributed by atoms with Crippen LogP contribution in [-0.4, -0.2) is 61.0 Å². The first-order valence-electron chi connectivity index (χ1n) is 18.3. The highest BCUT2D eigenvalue weighted by Gasteiger charge is 2.30. The Kier molecular flexibility index (Phi) is 16.4. The van der Waals surface area contributed by atoms with Gasteiger partial charge in [-0.3, -0.25) is 30.0 Å². The number of nitrogens with one attached hydrogen (secondary N) is 5. The summed E-state index contributed by atoms with van der Waals surface area (Å²) >= 11 is 0. The summed E-state index contributed by atoms with van der Waals surface area (Å²) < 4.78 is 5.57. The molecule has 12 nitrogen and oxygen atoms in total. The Morgan fingerprint density at radius 1 is 0.667 bits per heavy atom. The number of rotatable bonds is 19. The van der Waals surface area contributed by atoms with Crippen LogP contribution in [0.15, 0.2) is 48.5 Å². The molecule has 1 aliphatic carbocycles. The predicted octanol–water partition coefficient (Wildman–Crippen LogP) is 4.67. The maximum Gasteiger partial charge on any atom is 0.407 e. The van der Waals surface area contributed by atoms with Crippen molar-refractivity contribution in [2.45, 2.75) is 111 Å². The fraction of sp³-hybridized carbons (Fsp3) is 0.564. The summed E-state index contributed by atoms with van der Waals surface area (Å²) in [5, 5.41) is 8.32. The number of carbonyl (C=O) groups is 5. The molecule has 0 heterocycles. The first-order valence-corrected chi connectivity index (χ1v) is 18.3. The number of benzene rings is 2. The number of carbonyl (C=O) groups excluding carboxylic acids is 5. The number of fused-ring (bicyclic) bond motifs is 3. The summed E-state index contributed by atoms with van der Waals surface area (Å²) in [6, 6.07) is 13.8. The summed E-state index contributed by atoms with van der Waals surface area (Å²) in [5.74, 6) is -1.43. The maximum absolute atomic E-state index is 13.3. The van der Waals surface area contributed by atoms with Gasteiger partial charge in [-0.05, 0) is 72.1 Å². The van der Waals surface area contributed by atoms with Crippen LogP contribution in [-0.2, 0) is 23.9 Å². The largest absolute Gasteiger partial charge is 0.449 e. The summed E-state index contributed by atoms with van der Waals surface area (Å²) in [4.78, 5) is 63.9. The Morgan fingerprint density at radius 2 is 1.20 bits per heavy atom. The summed E-state index contributed by atoms with van der Waals surface area (Å²) in [6.45, 7) is 12.3. The monoisotopic (exact) mass is 706 g/mol. The molecule has 0 aliphatic heterocycles. The summed E-state index contributed by atoms with van der Waals surface area (Å²) in [6.07, 6.45) is 2.77. The first-order chi connectivity index (χ1) is 24.3. The third kappa shape index (κ3) is 13.3. The van der Waals surface area contributed by atoms with E-state index in [0.717, 1.165) is 11.1 Å². The van der Waals surface area contributed by atoms with Crippen molar-refractivity contribution in [1.82, 2.24) is 26.8 Å². The minimum Gasteiger partial charge on any atom is -0.449 e. The molecule has 3 rings (SSSR count). The molecule has 12 heteroatoms. The molecule has 0 unspecified atom stereocenters. The highest BCUT2D eigenvalue weighted by atomic mass is 16.5. The number of hydrogen-bond acceptors (Lipinski definition) is 7. The molecule has 2 aromatic rings. The van der Waals surface area contributed by atoms with Crippen LogP contribution in [0.1, 0.15) is 104 Å². The second-order valence-electron chi connectivity index (χ2n) is 14.7. The SMILES string of the molecule is CC(C)C[C@H](NC(=O)[C@@H](N)CC(C)C)C(=O)N[C@H](CC(C)C)C(=O)NNC(=O)CCCCCNC(=O)OCC1c2ccccc2-c2ccccc21. The van der Waals surface area contributed by atoms with E-state index in [1.54, 1.807) is 0 Å². The van der Waals surface area contributed by atoms with Crippen LogP contribution in [0.2, 0.25) is 0 Å². The van der Waals surface area contributed by atoms with Crippen molar-refractivity contribution >= 4 is 29.7 Å². The minimum absolute atomic E-state index is 0.00702. The summed E-state index contributed by atoms with van der Waals surface area (Å²) in [5.41, 5.74) is 15.6. The fourth-order valence-electron chi connectivity index (χ4n) is 6.28. The molecule has 2 aromatic carbocycles. The standard InChI is InChI=1S/C39H58N6O6/c1-24(2)20-32(40)36(47)42-33(21-25(3)4)37(48)43-34(22-26(5)6)38(49)45-44-35(46)18-8-7-13-19-41-39(50)51-23-31-29-16-11-9-14-27(29)28-15-10-12-17-30(28)31/h9-12,14-17,24-26,31-34H,7-8,13,18-23,40H2,1-6H3,(H,41,50)(H,42,47)(H,43,48)(H,44,46)(H,45,49)/t32-,33-,34+/m0/s1. The zero-order valence-electron chi connectivity index (χ0n) is 31.1. The second kappa shape index (κ2) is 20.4. The lowest BCUT2D eigenvalue weighted by atomic mass is 9.98. The molecule has 7 N–H and O–H groups in total. The predicted molar refractivity (Wildman–Crippen MR) is 198 cm³/mol. The van der Waals surface area contributed by atoms with Gasteiger partial charge in [0, 0.05) is 18.9 Å². The molecule has 3 atom stereocenters. The molecule has 5 amide bonds. The third-order valence-electron chi connectivity index (χ3n) is 8.76. The quantitative estimate of drug-likeness (QED) is 0.0907. The van der Waals surface area contributed by atoms with E-state index < -0.39 is 41.9 Å². The lowest BCUT2D eigenvalue weighted by molar-refractivity contribution is -0.134. The maximum atomic E-state index is 13.3. The van der Waals surface area contributed by atoms with Crippen LogP contribution in [0.25, 0.3) is 11.1 Å². The minimum atomic E-state index is -0.919. The highest BCUT2D eigenvalue weighted by molar-refractivity contribution is 5.93. The van der Waals surface area contributed by atoms with Crippen LogP contribution in [0.4, 0.5) is 4.79 Å². The summed E-state index contributed by atoms with van der Waals surface area (Å²) in [7, 11) is 0. The number of nitrogens with two attached hydrogens (primary N) is 1. The van der Waals surface area contributed by atoms with Crippen molar-refractivity contribution in [3.8, 4) is 11.1 Å². The van der Waals surface area contributed by atoms with E-state index in [-0.39, 0.29) is 42.6 Å². The van der Waals surface area contributed by atoms with E-state index in [0.29, 0.717) is 45.1 Å². The van der Waals surface area contributed by atoms with Gasteiger partial charge in [-0.1, -0.05) is 96.5 Å². The molecule has 0 aromatic heterocycles. The van der Waals surface area contributed by atoms with Crippen molar-refractivity contribution in [3.63, 3.8) is 0 Å².